The van der Waals surface area contributed by atoms with E-state index in [2.05, 4.69) is 20.4 Å². The Kier molecular flexibility index (Phi) is 4.36. The number of amides is 1. The highest BCUT2D eigenvalue weighted by Gasteiger charge is 2.28. The Balaban J connectivity index is 1.59. The predicted octanol–water partition coefficient (Wildman–Crippen LogP) is 2.06. The highest BCUT2D eigenvalue weighted by molar-refractivity contribution is 5.79. The normalized spacial score (nSPS) is 23.3. The number of nitrogens with one attached hydrogen (secondary N) is 1. The smallest absolute Gasteiger partial charge is 0.225 e. The van der Waals surface area contributed by atoms with E-state index in [4.69, 9.17) is 0 Å². The second kappa shape index (κ2) is 6.41. The number of rotatable bonds is 3. The highest BCUT2D eigenvalue weighted by atomic mass is 16.2. The Morgan fingerprint density at radius 2 is 2.00 bits per heavy atom. The van der Waals surface area contributed by atoms with Crippen molar-refractivity contribution in [2.45, 2.75) is 51.5 Å². The Labute approximate surface area is 126 Å². The van der Waals surface area contributed by atoms with Gasteiger partial charge in [0.25, 0.3) is 0 Å². The zero-order valence-electron chi connectivity index (χ0n) is 12.7. The maximum Gasteiger partial charge on any atom is 0.225 e. The summed E-state index contributed by atoms with van der Waals surface area (Å²) in [5.74, 6) is 1.20. The van der Waals surface area contributed by atoms with E-state index in [1.54, 1.807) is 0 Å². The molecular weight excluding hydrogens is 264 g/mol. The first-order chi connectivity index (χ1) is 10.2. The molecule has 1 amide bonds. The van der Waals surface area contributed by atoms with Gasteiger partial charge in [0.2, 0.25) is 5.91 Å². The van der Waals surface area contributed by atoms with Crippen LogP contribution in [0.1, 0.15) is 44.2 Å². The summed E-state index contributed by atoms with van der Waals surface area (Å²) >= 11 is 0. The van der Waals surface area contributed by atoms with Gasteiger partial charge in [-0.05, 0) is 44.7 Å². The molecule has 1 atom stereocenters. The molecule has 2 heterocycles. The van der Waals surface area contributed by atoms with E-state index in [9.17, 15) is 4.79 Å². The standard InChI is InChI=1S/C16H24N4O/c1-12-8-9-15(19-18-12)20-10-4-5-13(11-20)16(21)17-14-6-2-3-7-14/h8-9,13-14H,2-7,10-11H2,1H3,(H,17,21). The molecule has 114 valence electrons. The van der Waals surface area contributed by atoms with Gasteiger partial charge in [0.15, 0.2) is 5.82 Å². The third-order valence-corrected chi connectivity index (χ3v) is 4.60. The minimum atomic E-state index is 0.0856. The third kappa shape index (κ3) is 3.52. The lowest BCUT2D eigenvalue weighted by atomic mass is 9.96. The minimum Gasteiger partial charge on any atom is -0.354 e. The van der Waals surface area contributed by atoms with Crippen LogP contribution in [0.5, 0.6) is 0 Å². The summed E-state index contributed by atoms with van der Waals surface area (Å²) in [6.07, 6.45) is 6.81. The van der Waals surface area contributed by atoms with Crippen LogP contribution >= 0.6 is 0 Å². The number of anilines is 1. The van der Waals surface area contributed by atoms with E-state index in [1.165, 1.54) is 12.8 Å². The maximum atomic E-state index is 12.4. The monoisotopic (exact) mass is 288 g/mol. The van der Waals surface area contributed by atoms with E-state index in [-0.39, 0.29) is 11.8 Å². The van der Waals surface area contributed by atoms with Crippen LogP contribution in [0.4, 0.5) is 5.82 Å². The SMILES string of the molecule is Cc1ccc(N2CCCC(C(=O)NC3CCCC3)C2)nn1. The molecule has 2 aliphatic rings. The zero-order valence-corrected chi connectivity index (χ0v) is 12.7. The van der Waals surface area contributed by atoms with Crippen LogP contribution in [0.25, 0.3) is 0 Å². The number of nitrogens with zero attached hydrogens (tertiary/aromatic N) is 3. The topological polar surface area (TPSA) is 58.1 Å². The number of carbonyl (C=O) groups excluding carboxylic acids is 1. The maximum absolute atomic E-state index is 12.4. The summed E-state index contributed by atoms with van der Waals surface area (Å²) in [6.45, 7) is 3.66. The molecule has 3 rings (SSSR count). The van der Waals surface area contributed by atoms with Crippen LogP contribution in [0.2, 0.25) is 0 Å². The molecule has 1 saturated carbocycles. The van der Waals surface area contributed by atoms with Gasteiger partial charge in [0.05, 0.1) is 11.6 Å². The summed E-state index contributed by atoms with van der Waals surface area (Å²) < 4.78 is 0. The average molecular weight is 288 g/mol. The Hall–Kier alpha value is -1.65. The quantitative estimate of drug-likeness (QED) is 0.925. The molecule has 1 aromatic heterocycles. The van der Waals surface area contributed by atoms with E-state index in [1.807, 2.05) is 19.1 Å². The van der Waals surface area contributed by atoms with Gasteiger partial charge in [-0.2, -0.15) is 5.10 Å². The zero-order chi connectivity index (χ0) is 14.7. The van der Waals surface area contributed by atoms with Gasteiger partial charge in [0, 0.05) is 19.1 Å². The fourth-order valence-electron chi connectivity index (χ4n) is 3.35. The number of aryl methyl sites for hydroxylation is 1. The molecule has 5 heteroatoms. The number of aromatic nitrogens is 2. The molecule has 0 radical (unpaired) electrons. The fourth-order valence-corrected chi connectivity index (χ4v) is 3.35. The van der Waals surface area contributed by atoms with Crippen molar-refractivity contribution in [3.05, 3.63) is 17.8 Å². The van der Waals surface area contributed by atoms with Crippen molar-refractivity contribution >= 4 is 11.7 Å². The Morgan fingerprint density at radius 1 is 1.19 bits per heavy atom. The van der Waals surface area contributed by atoms with Gasteiger partial charge >= 0.3 is 0 Å². The van der Waals surface area contributed by atoms with E-state index in [0.29, 0.717) is 6.04 Å². The summed E-state index contributed by atoms with van der Waals surface area (Å²) in [5, 5.41) is 11.6. The number of hydrogen-bond acceptors (Lipinski definition) is 4. The van der Waals surface area contributed by atoms with E-state index in [0.717, 1.165) is 50.3 Å². The molecule has 1 saturated heterocycles. The predicted molar refractivity (Wildman–Crippen MR) is 82.1 cm³/mol. The lowest BCUT2D eigenvalue weighted by Gasteiger charge is -2.33. The summed E-state index contributed by atoms with van der Waals surface area (Å²) in [4.78, 5) is 14.6. The second-order valence-electron chi connectivity index (χ2n) is 6.31. The molecule has 1 unspecified atom stereocenters. The van der Waals surface area contributed by atoms with Crippen LogP contribution < -0.4 is 10.2 Å². The summed E-state index contributed by atoms with van der Waals surface area (Å²) in [7, 11) is 0. The highest BCUT2D eigenvalue weighted by Crippen LogP contribution is 2.23. The molecule has 1 N–H and O–H groups in total. The largest absolute Gasteiger partial charge is 0.354 e. The molecule has 5 nitrogen and oxygen atoms in total. The van der Waals surface area contributed by atoms with Gasteiger partial charge in [-0.25, -0.2) is 0 Å². The molecule has 0 spiro atoms. The number of piperidine rings is 1. The summed E-state index contributed by atoms with van der Waals surface area (Å²) in [6, 6.07) is 4.39. The third-order valence-electron chi connectivity index (χ3n) is 4.60. The second-order valence-corrected chi connectivity index (χ2v) is 6.31. The van der Waals surface area contributed by atoms with Crippen molar-refractivity contribution in [1.29, 1.82) is 0 Å². The van der Waals surface area contributed by atoms with Crippen LogP contribution in [0, 0.1) is 12.8 Å². The van der Waals surface area contributed by atoms with Crippen molar-refractivity contribution in [2.75, 3.05) is 18.0 Å². The van der Waals surface area contributed by atoms with Crippen molar-refractivity contribution in [2.24, 2.45) is 5.92 Å². The minimum absolute atomic E-state index is 0.0856. The van der Waals surface area contributed by atoms with Crippen LogP contribution in [0.15, 0.2) is 12.1 Å². The lowest BCUT2D eigenvalue weighted by Crippen LogP contribution is -2.45. The average Bonchev–Trinajstić information content (AvgIpc) is 3.01. The van der Waals surface area contributed by atoms with Crippen molar-refractivity contribution < 1.29 is 4.79 Å². The van der Waals surface area contributed by atoms with Crippen molar-refractivity contribution in [1.82, 2.24) is 15.5 Å². The van der Waals surface area contributed by atoms with Crippen LogP contribution in [-0.2, 0) is 4.79 Å². The molecular formula is C16H24N4O. The fraction of sp³-hybridized carbons (Fsp3) is 0.688. The Morgan fingerprint density at radius 3 is 2.71 bits per heavy atom. The molecule has 1 aliphatic carbocycles. The van der Waals surface area contributed by atoms with Crippen LogP contribution in [0.3, 0.4) is 0 Å². The molecule has 21 heavy (non-hydrogen) atoms. The van der Waals surface area contributed by atoms with E-state index >= 15 is 0 Å². The Bertz CT molecular complexity index is 482. The van der Waals surface area contributed by atoms with Gasteiger partial charge < -0.3 is 10.2 Å². The first kappa shape index (κ1) is 14.3. The first-order valence-corrected chi connectivity index (χ1v) is 8.08. The van der Waals surface area contributed by atoms with Gasteiger partial charge in [0.1, 0.15) is 0 Å². The molecule has 0 aromatic carbocycles. The van der Waals surface area contributed by atoms with Gasteiger partial charge in [-0.3, -0.25) is 4.79 Å². The first-order valence-electron chi connectivity index (χ1n) is 8.08. The summed E-state index contributed by atoms with van der Waals surface area (Å²) in [5.41, 5.74) is 0.922. The van der Waals surface area contributed by atoms with Gasteiger partial charge in [-0.1, -0.05) is 12.8 Å². The van der Waals surface area contributed by atoms with E-state index < -0.39 is 0 Å². The number of carbonyl (C=O) groups is 1. The molecule has 2 fully saturated rings. The molecule has 1 aromatic rings. The van der Waals surface area contributed by atoms with Crippen LogP contribution in [-0.4, -0.2) is 35.2 Å². The van der Waals surface area contributed by atoms with Crippen molar-refractivity contribution in [3.63, 3.8) is 0 Å². The van der Waals surface area contributed by atoms with Crippen molar-refractivity contribution in [3.8, 4) is 0 Å². The lowest BCUT2D eigenvalue weighted by molar-refractivity contribution is -0.125. The van der Waals surface area contributed by atoms with Gasteiger partial charge in [-0.15, -0.1) is 5.10 Å². The number of hydrogen-bond donors (Lipinski definition) is 1. The molecule has 0 bridgehead atoms. The molecule has 1 aliphatic heterocycles.